The monoisotopic (exact) mass is 448 g/mol. The fourth-order valence-electron chi connectivity index (χ4n) is 5.29. The highest BCUT2D eigenvalue weighted by Gasteiger charge is 2.32. The molecule has 31 heavy (non-hydrogen) atoms. The van der Waals surface area contributed by atoms with Crippen LogP contribution in [-0.2, 0) is 14.6 Å². The van der Waals surface area contributed by atoms with E-state index >= 15 is 0 Å². The van der Waals surface area contributed by atoms with Crippen LogP contribution >= 0.6 is 0 Å². The van der Waals surface area contributed by atoms with Gasteiger partial charge in [0.2, 0.25) is 11.9 Å². The molecule has 172 valence electrons. The topological polar surface area (TPSA) is 83.5 Å². The van der Waals surface area contributed by atoms with Crippen LogP contribution in [0.4, 0.5) is 5.95 Å². The zero-order valence-electron chi connectivity index (χ0n) is 18.9. The van der Waals surface area contributed by atoms with Crippen LogP contribution in [0.15, 0.2) is 11.1 Å². The van der Waals surface area contributed by atoms with Crippen LogP contribution in [0, 0.1) is 11.8 Å². The highest BCUT2D eigenvalue weighted by molar-refractivity contribution is 7.90. The molecule has 0 spiro atoms. The van der Waals surface area contributed by atoms with E-state index in [1.807, 2.05) is 4.90 Å². The first kappa shape index (κ1) is 22.5. The minimum atomic E-state index is -3.41. The van der Waals surface area contributed by atoms with Gasteiger partial charge >= 0.3 is 0 Å². The average Bonchev–Trinajstić information content (AvgIpc) is 2.79. The molecule has 0 atom stereocenters. The lowest BCUT2D eigenvalue weighted by atomic mass is 9.87. The third kappa shape index (κ3) is 5.21. The Kier molecular flexibility index (Phi) is 6.84. The number of hydrogen-bond acceptors (Lipinski definition) is 6. The second-order valence-electron chi connectivity index (χ2n) is 9.80. The van der Waals surface area contributed by atoms with E-state index in [2.05, 4.69) is 16.8 Å². The van der Waals surface area contributed by atoms with Crippen LogP contribution in [0.25, 0.3) is 0 Å². The molecule has 1 aromatic rings. The standard InChI is InChI=1S/C23H36N4O3S/c1-17-8-12-27(13-9-17)23-24-16-20(31(2,29)30)21(25-23)18-10-14-26(15-11-18)22(28)19-6-4-3-5-7-19/h16-19H,3-15H2,1-2H3. The zero-order valence-corrected chi connectivity index (χ0v) is 19.7. The lowest BCUT2D eigenvalue weighted by Crippen LogP contribution is -2.42. The van der Waals surface area contributed by atoms with Gasteiger partial charge in [0, 0.05) is 44.3 Å². The number of piperidine rings is 2. The Balaban J connectivity index is 1.50. The first-order chi connectivity index (χ1) is 14.8. The van der Waals surface area contributed by atoms with Crippen molar-refractivity contribution in [3.8, 4) is 0 Å². The van der Waals surface area contributed by atoms with Gasteiger partial charge in [-0.3, -0.25) is 4.79 Å². The second kappa shape index (κ2) is 9.43. The number of hydrogen-bond donors (Lipinski definition) is 0. The molecular weight excluding hydrogens is 412 g/mol. The largest absolute Gasteiger partial charge is 0.342 e. The van der Waals surface area contributed by atoms with Crippen molar-refractivity contribution >= 4 is 21.7 Å². The Hall–Kier alpha value is -1.70. The molecule has 4 rings (SSSR count). The van der Waals surface area contributed by atoms with Gasteiger partial charge in [-0.1, -0.05) is 26.2 Å². The lowest BCUT2D eigenvalue weighted by molar-refractivity contribution is -0.137. The molecule has 0 unspecified atom stereocenters. The summed E-state index contributed by atoms with van der Waals surface area (Å²) in [6.45, 7) is 5.45. The first-order valence-corrected chi connectivity index (χ1v) is 13.8. The van der Waals surface area contributed by atoms with Crippen molar-refractivity contribution in [1.29, 1.82) is 0 Å². The highest BCUT2D eigenvalue weighted by atomic mass is 32.2. The predicted molar refractivity (Wildman–Crippen MR) is 121 cm³/mol. The summed E-state index contributed by atoms with van der Waals surface area (Å²) in [5.74, 6) is 1.88. The van der Waals surface area contributed by atoms with Gasteiger partial charge in [-0.2, -0.15) is 0 Å². The maximum Gasteiger partial charge on any atom is 0.225 e. The molecule has 1 aromatic heterocycles. The van der Waals surface area contributed by atoms with Gasteiger partial charge in [-0.05, 0) is 44.4 Å². The fourth-order valence-corrected chi connectivity index (χ4v) is 6.13. The van der Waals surface area contributed by atoms with Crippen LogP contribution in [0.2, 0.25) is 0 Å². The van der Waals surface area contributed by atoms with Crippen molar-refractivity contribution < 1.29 is 13.2 Å². The Bertz CT molecular complexity index is 882. The lowest BCUT2D eigenvalue weighted by Gasteiger charge is -2.36. The summed E-state index contributed by atoms with van der Waals surface area (Å²) in [6, 6.07) is 0. The van der Waals surface area contributed by atoms with E-state index in [1.165, 1.54) is 18.9 Å². The van der Waals surface area contributed by atoms with Gasteiger partial charge in [0.15, 0.2) is 9.84 Å². The van der Waals surface area contributed by atoms with Crippen LogP contribution in [0.5, 0.6) is 0 Å². The molecule has 2 saturated heterocycles. The van der Waals surface area contributed by atoms with Gasteiger partial charge in [0.1, 0.15) is 4.90 Å². The number of sulfone groups is 1. The average molecular weight is 449 g/mol. The molecule has 0 radical (unpaired) electrons. The summed E-state index contributed by atoms with van der Waals surface area (Å²) in [5.41, 5.74) is 0.649. The number of nitrogens with zero attached hydrogens (tertiary/aromatic N) is 4. The van der Waals surface area contributed by atoms with Crippen molar-refractivity contribution in [2.24, 2.45) is 11.8 Å². The smallest absolute Gasteiger partial charge is 0.225 e. The summed E-state index contributed by atoms with van der Waals surface area (Å²) in [6.07, 6.45) is 12.1. The number of carbonyl (C=O) groups is 1. The number of anilines is 1. The summed E-state index contributed by atoms with van der Waals surface area (Å²) in [7, 11) is -3.41. The van der Waals surface area contributed by atoms with Crippen molar-refractivity contribution in [3.05, 3.63) is 11.9 Å². The molecule has 1 amide bonds. The summed E-state index contributed by atoms with van der Waals surface area (Å²) >= 11 is 0. The molecule has 8 heteroatoms. The zero-order chi connectivity index (χ0) is 22.0. The van der Waals surface area contributed by atoms with Crippen molar-refractivity contribution in [2.45, 2.75) is 75.5 Å². The molecule has 7 nitrogen and oxygen atoms in total. The molecule has 2 aliphatic heterocycles. The van der Waals surface area contributed by atoms with E-state index in [1.54, 1.807) is 0 Å². The molecule has 3 heterocycles. The summed E-state index contributed by atoms with van der Waals surface area (Å²) in [4.78, 5) is 26.6. The molecule has 0 bridgehead atoms. The summed E-state index contributed by atoms with van der Waals surface area (Å²) in [5, 5.41) is 0. The van der Waals surface area contributed by atoms with E-state index in [9.17, 15) is 13.2 Å². The van der Waals surface area contributed by atoms with Gasteiger partial charge in [-0.15, -0.1) is 0 Å². The Morgan fingerprint density at radius 2 is 1.61 bits per heavy atom. The minimum absolute atomic E-state index is 0.0468. The van der Waals surface area contributed by atoms with Crippen molar-refractivity contribution in [3.63, 3.8) is 0 Å². The van der Waals surface area contributed by atoms with E-state index in [0.717, 1.165) is 64.5 Å². The molecule has 1 saturated carbocycles. The van der Waals surface area contributed by atoms with Crippen LogP contribution in [-0.4, -0.2) is 61.6 Å². The number of aromatic nitrogens is 2. The third-order valence-corrected chi connectivity index (χ3v) is 8.50. The maximum atomic E-state index is 12.9. The Labute approximate surface area is 186 Å². The van der Waals surface area contributed by atoms with Gasteiger partial charge in [0.25, 0.3) is 0 Å². The van der Waals surface area contributed by atoms with Crippen molar-refractivity contribution in [2.75, 3.05) is 37.3 Å². The van der Waals surface area contributed by atoms with Crippen LogP contribution < -0.4 is 4.90 Å². The van der Waals surface area contributed by atoms with Crippen LogP contribution in [0.1, 0.15) is 76.3 Å². The Morgan fingerprint density at radius 3 is 2.23 bits per heavy atom. The second-order valence-corrected chi connectivity index (χ2v) is 11.8. The number of carbonyl (C=O) groups excluding carboxylic acids is 1. The van der Waals surface area contributed by atoms with E-state index in [-0.39, 0.29) is 16.7 Å². The maximum absolute atomic E-state index is 12.9. The van der Waals surface area contributed by atoms with Crippen molar-refractivity contribution in [1.82, 2.24) is 14.9 Å². The molecule has 0 aromatic carbocycles. The number of rotatable bonds is 4. The first-order valence-electron chi connectivity index (χ1n) is 11.9. The number of likely N-dealkylation sites (tertiary alicyclic amines) is 1. The van der Waals surface area contributed by atoms with Gasteiger partial charge in [0.05, 0.1) is 11.9 Å². The molecule has 3 aliphatic rings. The quantitative estimate of drug-likeness (QED) is 0.702. The fraction of sp³-hybridized carbons (Fsp3) is 0.783. The predicted octanol–water partition coefficient (Wildman–Crippen LogP) is 3.40. The van der Waals surface area contributed by atoms with Gasteiger partial charge < -0.3 is 9.80 Å². The van der Waals surface area contributed by atoms with Gasteiger partial charge in [-0.25, -0.2) is 18.4 Å². The molecule has 0 N–H and O–H groups in total. The number of amides is 1. The minimum Gasteiger partial charge on any atom is -0.342 e. The third-order valence-electron chi connectivity index (χ3n) is 7.38. The highest BCUT2D eigenvalue weighted by Crippen LogP contribution is 2.34. The molecule has 1 aliphatic carbocycles. The molecular formula is C23H36N4O3S. The SMILES string of the molecule is CC1CCN(c2ncc(S(C)(=O)=O)c(C3CCN(C(=O)C4CCCCC4)CC3)n2)CC1. The Morgan fingerprint density at radius 1 is 0.968 bits per heavy atom. The normalized spacial score (nSPS) is 22.6. The van der Waals surface area contributed by atoms with Crippen LogP contribution in [0.3, 0.4) is 0 Å². The van der Waals surface area contributed by atoms with E-state index in [4.69, 9.17) is 4.98 Å². The van der Waals surface area contributed by atoms with E-state index in [0.29, 0.717) is 36.6 Å². The van der Waals surface area contributed by atoms with E-state index < -0.39 is 9.84 Å². The summed E-state index contributed by atoms with van der Waals surface area (Å²) < 4.78 is 24.9. The molecule has 3 fully saturated rings.